The molecule has 4 fully saturated rings. The van der Waals surface area contributed by atoms with E-state index in [1.807, 2.05) is 13.0 Å². The Balaban J connectivity index is 1.56. The minimum absolute atomic E-state index is 0.00236. The van der Waals surface area contributed by atoms with Gasteiger partial charge < -0.3 is 9.84 Å². The van der Waals surface area contributed by atoms with Gasteiger partial charge >= 0.3 is 0 Å². The van der Waals surface area contributed by atoms with E-state index in [4.69, 9.17) is 4.74 Å². The van der Waals surface area contributed by atoms with Crippen molar-refractivity contribution in [1.82, 2.24) is 0 Å². The standard InChI is InChI=1S/C19H26O3/c1-16-9-10-19-15(14(16)6-7-17(16,2)21)4-3-12-11-13(20)5-8-18(12,19)22-19/h11,14-15,21H,3-10H2,1-2H3/t14-,15-,16-,17-,18-,19-/m0/s1. The lowest BCUT2D eigenvalue weighted by Crippen LogP contribution is -2.55. The van der Waals surface area contributed by atoms with Crippen LogP contribution in [0.15, 0.2) is 11.6 Å². The van der Waals surface area contributed by atoms with Gasteiger partial charge in [-0.05, 0) is 80.8 Å². The molecule has 1 heterocycles. The quantitative estimate of drug-likeness (QED) is 0.699. The van der Waals surface area contributed by atoms with Crippen LogP contribution in [0.5, 0.6) is 0 Å². The predicted molar refractivity (Wildman–Crippen MR) is 82.3 cm³/mol. The summed E-state index contributed by atoms with van der Waals surface area (Å²) in [5, 5.41) is 10.9. The normalized spacial score (nSPS) is 59.0. The van der Waals surface area contributed by atoms with Crippen molar-refractivity contribution in [3.05, 3.63) is 11.6 Å². The highest BCUT2D eigenvalue weighted by Crippen LogP contribution is 2.75. The second kappa shape index (κ2) is 3.70. The number of rotatable bonds is 0. The van der Waals surface area contributed by atoms with Gasteiger partial charge in [0, 0.05) is 6.42 Å². The van der Waals surface area contributed by atoms with Gasteiger partial charge in [0.25, 0.3) is 0 Å². The molecule has 4 aliphatic carbocycles. The Morgan fingerprint density at radius 3 is 2.73 bits per heavy atom. The van der Waals surface area contributed by atoms with Gasteiger partial charge in [0.05, 0.1) is 5.60 Å². The zero-order valence-corrected chi connectivity index (χ0v) is 13.7. The maximum Gasteiger partial charge on any atom is 0.155 e. The Labute approximate surface area is 132 Å². The first kappa shape index (κ1) is 13.7. The first-order chi connectivity index (χ1) is 10.3. The van der Waals surface area contributed by atoms with Gasteiger partial charge in [0.2, 0.25) is 0 Å². The molecule has 1 aliphatic heterocycles. The largest absolute Gasteiger partial charge is 0.390 e. The molecule has 5 aliphatic rings. The summed E-state index contributed by atoms with van der Waals surface area (Å²) in [7, 11) is 0. The highest BCUT2D eigenvalue weighted by atomic mass is 16.6. The number of carbonyl (C=O) groups excluding carboxylic acids is 1. The van der Waals surface area contributed by atoms with Crippen molar-refractivity contribution in [1.29, 1.82) is 0 Å². The summed E-state index contributed by atoms with van der Waals surface area (Å²) in [5.74, 6) is 1.44. The van der Waals surface area contributed by atoms with Crippen LogP contribution in [-0.2, 0) is 9.53 Å². The molecule has 3 saturated carbocycles. The Bertz CT molecular complexity index is 606. The van der Waals surface area contributed by atoms with Crippen molar-refractivity contribution in [2.24, 2.45) is 17.3 Å². The molecule has 0 radical (unpaired) electrons. The van der Waals surface area contributed by atoms with Crippen LogP contribution in [0.25, 0.3) is 0 Å². The fourth-order valence-electron chi connectivity index (χ4n) is 6.87. The van der Waals surface area contributed by atoms with Gasteiger partial charge in [0.1, 0.15) is 11.2 Å². The first-order valence-corrected chi connectivity index (χ1v) is 9.01. The van der Waals surface area contributed by atoms with Crippen LogP contribution in [0.4, 0.5) is 0 Å². The number of ether oxygens (including phenoxy) is 1. The number of aliphatic hydroxyl groups is 1. The van der Waals surface area contributed by atoms with E-state index in [2.05, 4.69) is 6.92 Å². The smallest absolute Gasteiger partial charge is 0.155 e. The zero-order chi connectivity index (χ0) is 15.4. The van der Waals surface area contributed by atoms with E-state index in [0.717, 1.165) is 44.9 Å². The molecule has 0 bridgehead atoms. The highest BCUT2D eigenvalue weighted by molar-refractivity contribution is 5.92. The average Bonchev–Trinajstić information content (AvgIpc) is 3.07. The summed E-state index contributed by atoms with van der Waals surface area (Å²) in [4.78, 5) is 11.8. The summed E-state index contributed by atoms with van der Waals surface area (Å²) in [6.45, 7) is 4.35. The Morgan fingerprint density at radius 2 is 1.91 bits per heavy atom. The molecule has 3 nitrogen and oxygen atoms in total. The lowest BCUT2D eigenvalue weighted by Gasteiger charge is -2.52. The van der Waals surface area contributed by atoms with Crippen LogP contribution in [0.1, 0.15) is 65.2 Å². The van der Waals surface area contributed by atoms with Gasteiger partial charge in [0.15, 0.2) is 5.78 Å². The number of hydrogen-bond acceptors (Lipinski definition) is 3. The molecule has 6 atom stereocenters. The molecule has 22 heavy (non-hydrogen) atoms. The molecule has 120 valence electrons. The third kappa shape index (κ3) is 1.28. The van der Waals surface area contributed by atoms with Crippen LogP contribution in [0.2, 0.25) is 0 Å². The molecular formula is C19H26O3. The van der Waals surface area contributed by atoms with Crippen molar-refractivity contribution < 1.29 is 14.6 Å². The molecule has 0 aromatic heterocycles. The lowest BCUT2D eigenvalue weighted by molar-refractivity contribution is -0.115. The van der Waals surface area contributed by atoms with E-state index in [1.54, 1.807) is 0 Å². The van der Waals surface area contributed by atoms with Crippen molar-refractivity contribution in [2.45, 2.75) is 82.0 Å². The van der Waals surface area contributed by atoms with Crippen molar-refractivity contribution in [3.63, 3.8) is 0 Å². The molecule has 0 unspecified atom stereocenters. The van der Waals surface area contributed by atoms with Crippen LogP contribution >= 0.6 is 0 Å². The van der Waals surface area contributed by atoms with E-state index >= 15 is 0 Å². The maximum absolute atomic E-state index is 11.8. The second-order valence-corrected chi connectivity index (χ2v) is 8.94. The van der Waals surface area contributed by atoms with Gasteiger partial charge in [-0.15, -0.1) is 0 Å². The molecule has 3 heteroatoms. The molecule has 0 aromatic rings. The fraction of sp³-hybridized carbons (Fsp3) is 0.842. The van der Waals surface area contributed by atoms with Crippen LogP contribution < -0.4 is 0 Å². The van der Waals surface area contributed by atoms with Crippen molar-refractivity contribution in [3.8, 4) is 0 Å². The third-order valence-electron chi connectivity index (χ3n) is 8.39. The summed E-state index contributed by atoms with van der Waals surface area (Å²) in [6.07, 6.45) is 9.78. The molecular weight excluding hydrogens is 276 g/mol. The Hall–Kier alpha value is -0.670. The molecule has 5 rings (SSSR count). The number of hydrogen-bond donors (Lipinski definition) is 1. The average molecular weight is 302 g/mol. The number of ketones is 1. The highest BCUT2D eigenvalue weighted by Gasteiger charge is 2.80. The number of epoxide rings is 1. The number of carbonyl (C=O) groups is 1. The monoisotopic (exact) mass is 302 g/mol. The molecule has 1 saturated heterocycles. The predicted octanol–water partition coefficient (Wildman–Crippen LogP) is 3.15. The van der Waals surface area contributed by atoms with Gasteiger partial charge in [-0.2, -0.15) is 0 Å². The van der Waals surface area contributed by atoms with Crippen molar-refractivity contribution in [2.75, 3.05) is 0 Å². The van der Waals surface area contributed by atoms with Crippen molar-refractivity contribution >= 4 is 5.78 Å². The zero-order valence-electron chi connectivity index (χ0n) is 13.7. The van der Waals surface area contributed by atoms with E-state index in [1.165, 1.54) is 5.57 Å². The number of fused-ring (bicyclic) bond motifs is 2. The van der Waals surface area contributed by atoms with Crippen LogP contribution in [0, 0.1) is 17.3 Å². The summed E-state index contributed by atoms with van der Waals surface area (Å²) in [5.41, 5.74) is 0.706. The van der Waals surface area contributed by atoms with Gasteiger partial charge in [-0.25, -0.2) is 0 Å². The lowest BCUT2D eigenvalue weighted by atomic mass is 9.50. The van der Waals surface area contributed by atoms with E-state index in [0.29, 0.717) is 18.3 Å². The maximum atomic E-state index is 11.8. The Morgan fingerprint density at radius 1 is 1.09 bits per heavy atom. The summed E-state index contributed by atoms with van der Waals surface area (Å²) in [6, 6.07) is 0. The second-order valence-electron chi connectivity index (χ2n) is 8.94. The summed E-state index contributed by atoms with van der Waals surface area (Å²) < 4.78 is 6.53. The molecule has 0 aromatic carbocycles. The SMILES string of the molecule is C[C@]1(O)CC[C@H]2[C@@H]3CCC4=CC(=O)CC[C@]45O[C@@]35CC[C@@]21C. The minimum Gasteiger partial charge on any atom is -0.390 e. The fourth-order valence-corrected chi connectivity index (χ4v) is 6.87. The van der Waals surface area contributed by atoms with Gasteiger partial charge in [-0.3, -0.25) is 4.79 Å². The molecule has 1 N–H and O–H groups in total. The van der Waals surface area contributed by atoms with Crippen LogP contribution in [-0.4, -0.2) is 27.7 Å². The third-order valence-corrected chi connectivity index (χ3v) is 8.39. The summed E-state index contributed by atoms with van der Waals surface area (Å²) >= 11 is 0. The van der Waals surface area contributed by atoms with E-state index < -0.39 is 5.60 Å². The molecule has 2 spiro atoms. The minimum atomic E-state index is -0.528. The molecule has 0 amide bonds. The first-order valence-electron chi connectivity index (χ1n) is 9.01. The van der Waals surface area contributed by atoms with Crippen LogP contribution in [0.3, 0.4) is 0 Å². The Kier molecular flexibility index (Phi) is 2.31. The topological polar surface area (TPSA) is 49.8 Å². The van der Waals surface area contributed by atoms with Gasteiger partial charge in [-0.1, -0.05) is 6.92 Å². The van der Waals surface area contributed by atoms with E-state index in [-0.39, 0.29) is 22.4 Å². The van der Waals surface area contributed by atoms with E-state index in [9.17, 15) is 9.90 Å².